The number of hydrogen-bond acceptors (Lipinski definition) is 8. The van der Waals surface area contributed by atoms with Crippen molar-refractivity contribution in [3.05, 3.63) is 90.3 Å². The predicted octanol–water partition coefficient (Wildman–Crippen LogP) is 16.1. The molecule has 6 aromatic heterocycles. The Morgan fingerprint density at radius 2 is 0.914 bits per heavy atom. The zero-order valence-corrected chi connectivity index (χ0v) is 40.2. The number of thiophene rings is 6. The summed E-state index contributed by atoms with van der Waals surface area (Å²) in [5.41, 5.74) is 4.47. The molecule has 0 radical (unpaired) electrons. The van der Waals surface area contributed by atoms with Gasteiger partial charge < -0.3 is 9.80 Å². The van der Waals surface area contributed by atoms with Crippen LogP contribution in [0.2, 0.25) is 0 Å². The van der Waals surface area contributed by atoms with Gasteiger partial charge in [-0.1, -0.05) is 72.1 Å². The summed E-state index contributed by atoms with van der Waals surface area (Å²) in [4.78, 5) is 46.3. The first-order valence-corrected chi connectivity index (χ1v) is 26.2. The van der Waals surface area contributed by atoms with Gasteiger partial charge in [0.1, 0.15) is 0 Å². The summed E-state index contributed by atoms with van der Waals surface area (Å²) in [6, 6.07) is 17.5. The van der Waals surface area contributed by atoms with E-state index < -0.39 is 0 Å². The Morgan fingerprint density at radius 1 is 0.500 bits per heavy atom. The zero-order chi connectivity index (χ0) is 40.9. The first-order chi connectivity index (χ1) is 28.1. The van der Waals surface area contributed by atoms with E-state index in [4.69, 9.17) is 0 Å². The van der Waals surface area contributed by atoms with Gasteiger partial charge >= 0.3 is 0 Å². The Kier molecular flexibility index (Phi) is 14.7. The minimum absolute atomic E-state index is 0.241. The van der Waals surface area contributed by atoms with E-state index in [-0.39, 0.29) is 11.8 Å². The molecule has 0 aliphatic carbocycles. The predicted molar refractivity (Wildman–Crippen MR) is 257 cm³/mol. The van der Waals surface area contributed by atoms with E-state index in [9.17, 15) is 9.59 Å². The third-order valence-electron chi connectivity index (χ3n) is 11.4. The third kappa shape index (κ3) is 9.53. The summed E-state index contributed by atoms with van der Waals surface area (Å²) in [7, 11) is 0. The molecule has 6 aromatic rings. The summed E-state index contributed by atoms with van der Waals surface area (Å²) in [5.74, 6) is 1.09. The normalized spacial score (nSPS) is 14.1. The number of carbonyl (C=O) groups is 2. The van der Waals surface area contributed by atoms with E-state index in [0.717, 1.165) is 50.1 Å². The molecule has 1 atom stereocenters. The van der Waals surface area contributed by atoms with E-state index in [1.165, 1.54) is 121 Å². The Morgan fingerprint density at radius 3 is 1.34 bits per heavy atom. The zero-order valence-electron chi connectivity index (χ0n) is 35.3. The molecule has 2 amide bonds. The van der Waals surface area contributed by atoms with Crippen LogP contribution in [0.5, 0.6) is 0 Å². The molecule has 0 N–H and O–H groups in total. The lowest BCUT2D eigenvalue weighted by Gasteiger charge is -2.23. The summed E-state index contributed by atoms with van der Waals surface area (Å²) in [6.45, 7) is 18.7. The van der Waals surface area contributed by atoms with Crippen molar-refractivity contribution in [3.8, 4) is 39.0 Å². The van der Waals surface area contributed by atoms with Crippen LogP contribution in [0, 0.1) is 33.6 Å². The van der Waals surface area contributed by atoms with E-state index in [2.05, 4.69) is 107 Å². The lowest BCUT2D eigenvalue weighted by molar-refractivity contribution is 0.0745. The fraction of sp³-hybridized carbons (Fsp3) is 0.458. The SMILES string of the molecule is CCCCC(CC)CN1Cc2c(-c3ccc(C)s3)sc(-c3ccc(C)s3)c2C1=O.CCCCCCCCN1Cc2c(-c3ccc(C)s3)sc(-c3ccc(C)s3)c2C1=O. The molecule has 8 rings (SSSR count). The van der Waals surface area contributed by atoms with Crippen molar-refractivity contribution in [2.45, 2.75) is 126 Å². The van der Waals surface area contributed by atoms with Gasteiger partial charge in [0, 0.05) is 76.3 Å². The quantitative estimate of drug-likeness (QED) is 0.0856. The smallest absolute Gasteiger partial charge is 0.256 e. The van der Waals surface area contributed by atoms with E-state index in [1.807, 2.05) is 45.3 Å². The molecule has 0 fully saturated rings. The second kappa shape index (κ2) is 19.7. The van der Waals surface area contributed by atoms with E-state index in [0.29, 0.717) is 5.92 Å². The molecule has 0 spiro atoms. The van der Waals surface area contributed by atoms with Crippen molar-refractivity contribution in [1.82, 2.24) is 9.80 Å². The first kappa shape index (κ1) is 43.2. The van der Waals surface area contributed by atoms with Crippen molar-refractivity contribution in [3.63, 3.8) is 0 Å². The van der Waals surface area contributed by atoms with Gasteiger partial charge in [-0.3, -0.25) is 9.59 Å². The van der Waals surface area contributed by atoms with Crippen LogP contribution in [0.1, 0.15) is 136 Å². The maximum atomic E-state index is 13.5. The van der Waals surface area contributed by atoms with Gasteiger partial charge in [-0.25, -0.2) is 0 Å². The average Bonchev–Trinajstić information content (AvgIpc) is 4.07. The van der Waals surface area contributed by atoms with Gasteiger partial charge in [0.25, 0.3) is 11.8 Å². The largest absolute Gasteiger partial charge is 0.334 e. The van der Waals surface area contributed by atoms with Crippen LogP contribution in [0.3, 0.4) is 0 Å². The van der Waals surface area contributed by atoms with Gasteiger partial charge in [-0.15, -0.1) is 68.0 Å². The standard InChI is InChI=1S/2C24H29NOS3/c1-5-7-8-17(6-2)13-25-14-18-21(24(25)26)23(20-12-10-16(4)28-20)29-22(18)19-11-9-15(3)27-19;1-4-5-6-7-8-9-14-25-15-18-21(24(25)26)23(20-13-11-17(3)28-20)29-22(18)19-12-10-16(2)27-19/h9-12,17H,5-8,13-14H2,1-4H3;10-13H,4-9,14-15H2,1-3H3. The van der Waals surface area contributed by atoms with Gasteiger partial charge in [0.15, 0.2) is 0 Å². The van der Waals surface area contributed by atoms with Crippen LogP contribution in [-0.4, -0.2) is 34.7 Å². The van der Waals surface area contributed by atoms with Crippen molar-refractivity contribution < 1.29 is 9.59 Å². The van der Waals surface area contributed by atoms with E-state index >= 15 is 0 Å². The number of fused-ring (bicyclic) bond motifs is 2. The van der Waals surface area contributed by atoms with E-state index in [1.54, 1.807) is 22.7 Å². The van der Waals surface area contributed by atoms with Crippen molar-refractivity contribution in [2.75, 3.05) is 13.1 Å². The number of amides is 2. The second-order valence-corrected chi connectivity index (χ2v) is 23.2. The summed E-state index contributed by atoms with van der Waals surface area (Å²) in [6.07, 6.45) is 12.4. The lowest BCUT2D eigenvalue weighted by Crippen LogP contribution is -2.30. The molecular formula is C48H58N2O2S6. The van der Waals surface area contributed by atoms with Gasteiger partial charge in [0.05, 0.1) is 30.6 Å². The number of hydrogen-bond donors (Lipinski definition) is 0. The Balaban J connectivity index is 0.000000177. The topological polar surface area (TPSA) is 40.6 Å². The van der Waals surface area contributed by atoms with Crippen LogP contribution in [0.25, 0.3) is 39.0 Å². The Hall–Kier alpha value is -2.86. The highest BCUT2D eigenvalue weighted by atomic mass is 32.1. The summed E-state index contributed by atoms with van der Waals surface area (Å²) in [5, 5.41) is 0. The maximum Gasteiger partial charge on any atom is 0.256 e. The number of aryl methyl sites for hydroxylation is 4. The number of carbonyl (C=O) groups excluding carboxylic acids is 2. The highest BCUT2D eigenvalue weighted by molar-refractivity contribution is 7.27. The molecule has 4 nitrogen and oxygen atoms in total. The molecule has 2 aliphatic rings. The highest BCUT2D eigenvalue weighted by Crippen LogP contribution is 2.51. The fourth-order valence-corrected chi connectivity index (χ4v) is 14.7. The van der Waals surface area contributed by atoms with Crippen LogP contribution >= 0.6 is 68.0 Å². The molecule has 0 saturated heterocycles. The molecule has 2 aliphatic heterocycles. The number of unbranched alkanes of at least 4 members (excludes halogenated alkanes) is 6. The minimum Gasteiger partial charge on any atom is -0.334 e. The molecule has 0 bridgehead atoms. The van der Waals surface area contributed by atoms with Crippen LogP contribution in [0.4, 0.5) is 0 Å². The molecule has 0 aromatic carbocycles. The molecule has 0 saturated carbocycles. The highest BCUT2D eigenvalue weighted by Gasteiger charge is 2.37. The fourth-order valence-electron chi connectivity index (χ4n) is 8.14. The number of rotatable bonds is 17. The molecule has 308 valence electrons. The van der Waals surface area contributed by atoms with Crippen LogP contribution in [-0.2, 0) is 13.1 Å². The van der Waals surface area contributed by atoms with Crippen molar-refractivity contribution in [1.29, 1.82) is 0 Å². The minimum atomic E-state index is 0.241. The maximum absolute atomic E-state index is 13.5. The Bertz CT molecular complexity index is 2330. The molecule has 1 unspecified atom stereocenters. The lowest BCUT2D eigenvalue weighted by atomic mass is 9.99. The van der Waals surface area contributed by atoms with Crippen molar-refractivity contribution >= 4 is 79.8 Å². The van der Waals surface area contributed by atoms with Crippen molar-refractivity contribution in [2.24, 2.45) is 5.92 Å². The average molecular weight is 887 g/mol. The number of nitrogens with zero attached hydrogens (tertiary/aromatic N) is 2. The van der Waals surface area contributed by atoms with Gasteiger partial charge in [-0.05, 0) is 95.0 Å². The molecular weight excluding hydrogens is 829 g/mol. The van der Waals surface area contributed by atoms with Gasteiger partial charge in [0.2, 0.25) is 0 Å². The second-order valence-electron chi connectivity index (χ2n) is 16.0. The van der Waals surface area contributed by atoms with Crippen LogP contribution in [0.15, 0.2) is 48.5 Å². The first-order valence-electron chi connectivity index (χ1n) is 21.3. The Labute approximate surface area is 370 Å². The summed E-state index contributed by atoms with van der Waals surface area (Å²) >= 11 is 10.9. The monoisotopic (exact) mass is 886 g/mol. The molecule has 8 heterocycles. The van der Waals surface area contributed by atoms with Crippen LogP contribution < -0.4 is 0 Å². The third-order valence-corrected chi connectivity index (χ3v) is 18.6. The summed E-state index contributed by atoms with van der Waals surface area (Å²) < 4.78 is 0. The molecule has 10 heteroatoms. The van der Waals surface area contributed by atoms with Gasteiger partial charge in [-0.2, -0.15) is 0 Å². The molecule has 58 heavy (non-hydrogen) atoms.